The predicted molar refractivity (Wildman–Crippen MR) is 32.9 cm³/mol. The molecular weight excluding hydrogens is 175 g/mol. The Hall–Kier alpha value is -1.01. The van der Waals surface area contributed by atoms with E-state index in [1.54, 1.807) is 0 Å². The normalized spacial score (nSPS) is 13.4. The van der Waals surface area contributed by atoms with E-state index >= 15 is 0 Å². The van der Waals surface area contributed by atoms with Crippen LogP contribution in [0.5, 0.6) is 0 Å². The molecule has 12 heavy (non-hydrogen) atoms. The lowest BCUT2D eigenvalue weighted by Gasteiger charge is -2.25. The minimum Gasteiger partial charge on any atom is -0.341 e. The van der Waals surface area contributed by atoms with E-state index in [4.69, 9.17) is 10.2 Å². The topological polar surface area (TPSA) is 45.4 Å². The summed E-state index contributed by atoms with van der Waals surface area (Å²) in [6.07, 6.45) is -3.28. The van der Waals surface area contributed by atoms with Gasteiger partial charge >= 0.3 is 12.1 Å². The van der Waals surface area contributed by atoms with E-state index in [2.05, 4.69) is 0 Å². The van der Waals surface area contributed by atoms with Gasteiger partial charge in [-0.25, -0.2) is 0 Å². The Morgan fingerprint density at radius 1 is 1.00 bits per heavy atom. The van der Waals surface area contributed by atoms with Crippen molar-refractivity contribution in [3.63, 3.8) is 0 Å². The van der Waals surface area contributed by atoms with Gasteiger partial charge in [0, 0.05) is 12.4 Å². The van der Waals surface area contributed by atoms with Gasteiger partial charge in [-0.3, -0.25) is 4.57 Å². The van der Waals surface area contributed by atoms with Crippen LogP contribution in [0, 0.1) is 0 Å². The zero-order valence-electron chi connectivity index (χ0n) is 5.78. The van der Waals surface area contributed by atoms with Crippen LogP contribution in [0.25, 0.3) is 0 Å². The Morgan fingerprint density at radius 3 is 1.75 bits per heavy atom. The van der Waals surface area contributed by atoms with Crippen molar-refractivity contribution < 1.29 is 23.4 Å². The van der Waals surface area contributed by atoms with Crippen molar-refractivity contribution in [1.29, 1.82) is 0 Å². The second-order valence-electron chi connectivity index (χ2n) is 2.22. The van der Waals surface area contributed by atoms with Gasteiger partial charge in [-0.05, 0) is 12.1 Å². The molecule has 0 spiro atoms. The Labute approximate surface area is 65.7 Å². The molecule has 1 rings (SSSR count). The maximum Gasteiger partial charge on any atom is 0.465 e. The lowest BCUT2D eigenvalue weighted by atomic mass is 10.4. The first-order valence-corrected chi connectivity index (χ1v) is 3.00. The second kappa shape index (κ2) is 2.49. The third-order valence-electron chi connectivity index (χ3n) is 1.34. The maximum atomic E-state index is 11.9. The zero-order chi connectivity index (χ0) is 9.41. The zero-order valence-corrected chi connectivity index (χ0v) is 5.78. The Morgan fingerprint density at radius 2 is 1.42 bits per heavy atom. The van der Waals surface area contributed by atoms with Crippen LogP contribution in [0.4, 0.5) is 13.2 Å². The van der Waals surface area contributed by atoms with Crippen molar-refractivity contribution in [3.05, 3.63) is 24.5 Å². The van der Waals surface area contributed by atoms with Crippen LogP contribution >= 0.6 is 0 Å². The summed E-state index contributed by atoms with van der Waals surface area (Å²) in [5.41, 5.74) is 0. The molecule has 0 bridgehead atoms. The summed E-state index contributed by atoms with van der Waals surface area (Å²) in [7, 11) is 0. The van der Waals surface area contributed by atoms with Gasteiger partial charge in [0.05, 0.1) is 0 Å². The summed E-state index contributed by atoms with van der Waals surface area (Å²) < 4.78 is 35.9. The first kappa shape index (κ1) is 9.08. The molecule has 0 aliphatic rings. The molecule has 0 aliphatic carbocycles. The maximum absolute atomic E-state index is 11.9. The van der Waals surface area contributed by atoms with E-state index < -0.39 is 12.1 Å². The van der Waals surface area contributed by atoms with Crippen molar-refractivity contribution in [2.75, 3.05) is 0 Å². The molecule has 0 aromatic carbocycles. The van der Waals surface area contributed by atoms with E-state index in [1.807, 2.05) is 0 Å². The van der Waals surface area contributed by atoms with Crippen molar-refractivity contribution in [3.8, 4) is 0 Å². The summed E-state index contributed by atoms with van der Waals surface area (Å²) in [6.45, 7) is 0. The molecule has 0 amide bonds. The standard InChI is InChI=1S/C6H6F3NO2/c7-5(8,9)6(11,12)10-3-1-2-4-10/h1-4,11-12H. The number of rotatable bonds is 1. The fraction of sp³-hybridized carbons (Fsp3) is 0.333. The van der Waals surface area contributed by atoms with Gasteiger partial charge in [0.2, 0.25) is 0 Å². The molecule has 0 saturated carbocycles. The molecule has 3 nitrogen and oxygen atoms in total. The lowest BCUT2D eigenvalue weighted by molar-refractivity contribution is -0.395. The summed E-state index contributed by atoms with van der Waals surface area (Å²) in [4.78, 5) is 0. The van der Waals surface area contributed by atoms with Crippen molar-refractivity contribution in [2.45, 2.75) is 12.1 Å². The molecule has 1 aromatic rings. The summed E-state index contributed by atoms with van der Waals surface area (Å²) in [5.74, 6) is -3.82. The quantitative estimate of drug-likeness (QED) is 0.624. The van der Waals surface area contributed by atoms with Crippen molar-refractivity contribution >= 4 is 0 Å². The summed E-state index contributed by atoms with van der Waals surface area (Å²) in [6, 6.07) is 2.51. The summed E-state index contributed by atoms with van der Waals surface area (Å²) in [5, 5.41) is 17.2. The van der Waals surface area contributed by atoms with Gasteiger partial charge in [0.1, 0.15) is 0 Å². The Bertz CT molecular complexity index is 252. The monoisotopic (exact) mass is 181 g/mol. The highest BCUT2D eigenvalue weighted by molar-refractivity contribution is 4.94. The average molecular weight is 181 g/mol. The fourth-order valence-electron chi connectivity index (χ4n) is 0.689. The van der Waals surface area contributed by atoms with Gasteiger partial charge in [-0.1, -0.05) is 0 Å². The van der Waals surface area contributed by atoms with Crippen LogP contribution in [0.1, 0.15) is 0 Å². The first-order chi connectivity index (χ1) is 5.36. The summed E-state index contributed by atoms with van der Waals surface area (Å²) >= 11 is 0. The van der Waals surface area contributed by atoms with E-state index in [1.165, 1.54) is 12.1 Å². The molecule has 1 heterocycles. The second-order valence-corrected chi connectivity index (χ2v) is 2.22. The van der Waals surface area contributed by atoms with E-state index in [-0.39, 0.29) is 4.57 Å². The van der Waals surface area contributed by atoms with Crippen LogP contribution in [-0.2, 0) is 5.91 Å². The molecule has 68 valence electrons. The van der Waals surface area contributed by atoms with Crippen LogP contribution in [0.3, 0.4) is 0 Å². The molecule has 1 aromatic heterocycles. The number of hydrogen-bond acceptors (Lipinski definition) is 2. The number of aliphatic hydroxyl groups is 2. The Kier molecular flexibility index (Phi) is 1.89. The van der Waals surface area contributed by atoms with Crippen LogP contribution in [0.15, 0.2) is 24.5 Å². The van der Waals surface area contributed by atoms with Gasteiger partial charge in [-0.2, -0.15) is 13.2 Å². The highest BCUT2D eigenvalue weighted by Gasteiger charge is 2.54. The van der Waals surface area contributed by atoms with E-state index in [9.17, 15) is 13.2 Å². The highest BCUT2D eigenvalue weighted by Crippen LogP contribution is 2.31. The predicted octanol–water partition coefficient (Wildman–Crippen LogP) is 0.645. The number of alkyl halides is 3. The van der Waals surface area contributed by atoms with Crippen LogP contribution in [0.2, 0.25) is 0 Å². The smallest absolute Gasteiger partial charge is 0.341 e. The third kappa shape index (κ3) is 1.30. The van der Waals surface area contributed by atoms with Gasteiger partial charge < -0.3 is 10.2 Å². The molecule has 2 N–H and O–H groups in total. The minimum absolute atomic E-state index is 0.257. The van der Waals surface area contributed by atoms with Gasteiger partial charge in [-0.15, -0.1) is 0 Å². The molecule has 0 fully saturated rings. The average Bonchev–Trinajstić information content (AvgIpc) is 2.34. The van der Waals surface area contributed by atoms with Crippen LogP contribution < -0.4 is 0 Å². The van der Waals surface area contributed by atoms with E-state index in [0.29, 0.717) is 0 Å². The third-order valence-corrected chi connectivity index (χ3v) is 1.34. The molecule has 6 heteroatoms. The Balaban J connectivity index is 3.02. The molecule has 0 unspecified atom stereocenters. The highest BCUT2D eigenvalue weighted by atomic mass is 19.4. The molecule has 0 radical (unpaired) electrons. The SMILES string of the molecule is OC(O)(n1cccc1)C(F)(F)F. The van der Waals surface area contributed by atoms with Gasteiger partial charge in [0.15, 0.2) is 0 Å². The van der Waals surface area contributed by atoms with Crippen molar-refractivity contribution in [1.82, 2.24) is 4.57 Å². The number of nitrogens with zero attached hydrogens (tertiary/aromatic N) is 1. The number of halogens is 3. The number of hydrogen-bond donors (Lipinski definition) is 2. The molecular formula is C6H6F3NO2. The number of aromatic nitrogens is 1. The molecule has 0 aliphatic heterocycles. The van der Waals surface area contributed by atoms with E-state index in [0.717, 1.165) is 12.4 Å². The minimum atomic E-state index is -5.11. The fourth-order valence-corrected chi connectivity index (χ4v) is 0.689. The lowest BCUT2D eigenvalue weighted by Crippen LogP contribution is -2.46. The largest absolute Gasteiger partial charge is 0.465 e. The molecule has 0 saturated heterocycles. The molecule has 0 atom stereocenters. The van der Waals surface area contributed by atoms with Gasteiger partial charge in [0.25, 0.3) is 0 Å². The van der Waals surface area contributed by atoms with Crippen molar-refractivity contribution in [2.24, 2.45) is 0 Å². The van der Waals surface area contributed by atoms with Crippen LogP contribution in [-0.4, -0.2) is 21.0 Å². The first-order valence-electron chi connectivity index (χ1n) is 3.00.